The number of nitrogens with one attached hydrogen (secondary N) is 1. The first kappa shape index (κ1) is 13.8. The average Bonchev–Trinajstić information content (AvgIpc) is 2.39. The summed E-state index contributed by atoms with van der Waals surface area (Å²) < 4.78 is 13.2. The molecule has 0 amide bonds. The van der Waals surface area contributed by atoms with Crippen LogP contribution < -0.4 is 5.32 Å². The fourth-order valence-corrected chi connectivity index (χ4v) is 2.88. The normalized spacial score (nSPS) is 19.7. The van der Waals surface area contributed by atoms with Gasteiger partial charge in [-0.15, -0.1) is 0 Å². The smallest absolute Gasteiger partial charge is 0.329 e. The van der Waals surface area contributed by atoms with Crippen LogP contribution in [0.3, 0.4) is 0 Å². The molecule has 0 saturated heterocycles. The highest BCUT2D eigenvalue weighted by atomic mass is 19.1. The van der Waals surface area contributed by atoms with Crippen LogP contribution >= 0.6 is 0 Å². The fourth-order valence-electron chi connectivity index (χ4n) is 2.88. The Morgan fingerprint density at radius 3 is 2.63 bits per heavy atom. The number of benzene rings is 1. The number of hydrogen-bond donors (Lipinski definition) is 2. The second-order valence-electron chi connectivity index (χ2n) is 5.48. The zero-order valence-electron chi connectivity index (χ0n) is 11.2. The lowest BCUT2D eigenvalue weighted by atomic mass is 9.75. The Kier molecular flexibility index (Phi) is 4.08. The molecule has 4 heteroatoms. The second-order valence-corrected chi connectivity index (χ2v) is 5.48. The third-order valence-corrected chi connectivity index (χ3v) is 4.09. The lowest BCUT2D eigenvalue weighted by Gasteiger charge is -2.37. The van der Waals surface area contributed by atoms with Crippen molar-refractivity contribution in [1.29, 1.82) is 0 Å². The Morgan fingerprint density at radius 1 is 1.37 bits per heavy atom. The summed E-state index contributed by atoms with van der Waals surface area (Å²) in [5.41, 5.74) is -0.510. The van der Waals surface area contributed by atoms with Crippen molar-refractivity contribution >= 4 is 11.7 Å². The van der Waals surface area contributed by atoms with Gasteiger partial charge in [-0.2, -0.15) is 0 Å². The first-order chi connectivity index (χ1) is 9.02. The monoisotopic (exact) mass is 265 g/mol. The molecule has 19 heavy (non-hydrogen) atoms. The number of carboxylic acids is 1. The summed E-state index contributed by atoms with van der Waals surface area (Å²) in [5, 5.41) is 12.6. The van der Waals surface area contributed by atoms with Crippen molar-refractivity contribution in [2.45, 2.75) is 44.6 Å². The van der Waals surface area contributed by atoms with Gasteiger partial charge in [0.15, 0.2) is 0 Å². The van der Waals surface area contributed by atoms with Gasteiger partial charge in [-0.1, -0.05) is 25.3 Å². The van der Waals surface area contributed by atoms with E-state index in [2.05, 4.69) is 5.32 Å². The predicted octanol–water partition coefficient (Wildman–Crippen LogP) is 3.66. The number of carboxylic acid groups (broad SMARTS) is 1. The molecule has 0 aliphatic heterocycles. The van der Waals surface area contributed by atoms with Crippen LogP contribution in [-0.4, -0.2) is 16.6 Å². The highest BCUT2D eigenvalue weighted by molar-refractivity contribution is 5.82. The van der Waals surface area contributed by atoms with Crippen LogP contribution in [0.2, 0.25) is 0 Å². The predicted molar refractivity (Wildman–Crippen MR) is 72.6 cm³/mol. The fraction of sp³-hybridized carbons (Fsp3) is 0.533. The van der Waals surface area contributed by atoms with Gasteiger partial charge >= 0.3 is 5.97 Å². The first-order valence-electron chi connectivity index (χ1n) is 6.79. The van der Waals surface area contributed by atoms with Gasteiger partial charge in [-0.25, -0.2) is 9.18 Å². The number of rotatable bonds is 4. The molecule has 104 valence electrons. The molecule has 0 bridgehead atoms. The van der Waals surface area contributed by atoms with Gasteiger partial charge in [0, 0.05) is 5.69 Å². The van der Waals surface area contributed by atoms with Gasteiger partial charge in [-0.05, 0) is 43.9 Å². The highest BCUT2D eigenvalue weighted by Crippen LogP contribution is 2.35. The van der Waals surface area contributed by atoms with E-state index in [1.807, 2.05) is 0 Å². The zero-order valence-corrected chi connectivity index (χ0v) is 11.2. The van der Waals surface area contributed by atoms with Crippen LogP contribution in [0, 0.1) is 11.7 Å². The number of anilines is 1. The molecular weight excluding hydrogens is 245 g/mol. The van der Waals surface area contributed by atoms with E-state index in [0.29, 0.717) is 5.69 Å². The van der Waals surface area contributed by atoms with Crippen LogP contribution in [0.4, 0.5) is 10.1 Å². The molecule has 1 saturated carbocycles. The minimum atomic E-state index is -1.03. The molecule has 1 atom stereocenters. The summed E-state index contributed by atoms with van der Waals surface area (Å²) in [4.78, 5) is 11.7. The SMILES string of the molecule is CC(Nc1cccc(F)c1)(C(=O)O)C1CCCCC1. The molecule has 2 N–H and O–H groups in total. The third kappa shape index (κ3) is 3.06. The van der Waals surface area contributed by atoms with E-state index < -0.39 is 11.5 Å². The summed E-state index contributed by atoms with van der Waals surface area (Å²) in [6.45, 7) is 1.70. The van der Waals surface area contributed by atoms with Crippen LogP contribution in [0.25, 0.3) is 0 Å². The maximum absolute atomic E-state index is 13.2. The first-order valence-corrected chi connectivity index (χ1v) is 6.79. The van der Waals surface area contributed by atoms with Crippen molar-refractivity contribution in [2.75, 3.05) is 5.32 Å². The van der Waals surface area contributed by atoms with Crippen molar-refractivity contribution in [3.05, 3.63) is 30.1 Å². The minimum Gasteiger partial charge on any atom is -0.480 e. The molecule has 1 unspecified atom stereocenters. The Balaban J connectivity index is 2.21. The number of carbonyl (C=O) groups is 1. The average molecular weight is 265 g/mol. The van der Waals surface area contributed by atoms with E-state index in [9.17, 15) is 14.3 Å². The quantitative estimate of drug-likeness (QED) is 0.873. The molecule has 0 aromatic heterocycles. The molecule has 0 radical (unpaired) electrons. The van der Waals surface area contributed by atoms with Crippen molar-refractivity contribution in [3.8, 4) is 0 Å². The summed E-state index contributed by atoms with van der Waals surface area (Å²) in [7, 11) is 0. The van der Waals surface area contributed by atoms with Crippen molar-refractivity contribution in [3.63, 3.8) is 0 Å². The molecule has 1 aliphatic rings. The summed E-state index contributed by atoms with van der Waals surface area (Å²) >= 11 is 0. The van der Waals surface area contributed by atoms with Gasteiger partial charge in [0.05, 0.1) is 0 Å². The molecule has 1 aliphatic carbocycles. The molecule has 0 spiro atoms. The maximum atomic E-state index is 13.2. The van der Waals surface area contributed by atoms with E-state index >= 15 is 0 Å². The molecule has 1 fully saturated rings. The van der Waals surface area contributed by atoms with E-state index in [-0.39, 0.29) is 11.7 Å². The van der Waals surface area contributed by atoms with Gasteiger partial charge in [-0.3, -0.25) is 0 Å². The van der Waals surface area contributed by atoms with Crippen LogP contribution in [0.15, 0.2) is 24.3 Å². The Morgan fingerprint density at radius 2 is 2.05 bits per heavy atom. The molecular formula is C15H20FNO2. The Bertz CT molecular complexity index is 457. The lowest BCUT2D eigenvalue weighted by Crippen LogP contribution is -2.50. The van der Waals surface area contributed by atoms with E-state index in [4.69, 9.17) is 0 Å². The van der Waals surface area contributed by atoms with Crippen LogP contribution in [0.5, 0.6) is 0 Å². The maximum Gasteiger partial charge on any atom is 0.329 e. The topological polar surface area (TPSA) is 49.3 Å². The van der Waals surface area contributed by atoms with Gasteiger partial charge in [0.1, 0.15) is 11.4 Å². The van der Waals surface area contributed by atoms with Gasteiger partial charge in [0.2, 0.25) is 0 Å². The Hall–Kier alpha value is -1.58. The molecule has 1 aromatic rings. The second kappa shape index (κ2) is 5.59. The number of aliphatic carboxylic acids is 1. The zero-order chi connectivity index (χ0) is 13.9. The number of halogens is 1. The standard InChI is InChI=1S/C15H20FNO2/c1-15(14(18)19,11-6-3-2-4-7-11)17-13-9-5-8-12(16)10-13/h5,8-11,17H,2-4,6-7H2,1H3,(H,18,19). The van der Waals surface area contributed by atoms with E-state index in [1.54, 1.807) is 19.1 Å². The van der Waals surface area contributed by atoms with Crippen molar-refractivity contribution < 1.29 is 14.3 Å². The van der Waals surface area contributed by atoms with Crippen molar-refractivity contribution in [1.82, 2.24) is 0 Å². The van der Waals surface area contributed by atoms with E-state index in [1.165, 1.54) is 18.6 Å². The summed E-state index contributed by atoms with van der Waals surface area (Å²) in [5.74, 6) is -1.15. The number of hydrogen-bond acceptors (Lipinski definition) is 2. The highest BCUT2D eigenvalue weighted by Gasteiger charge is 2.41. The van der Waals surface area contributed by atoms with E-state index in [0.717, 1.165) is 25.7 Å². The van der Waals surface area contributed by atoms with Gasteiger partial charge in [0.25, 0.3) is 0 Å². The largest absolute Gasteiger partial charge is 0.480 e. The van der Waals surface area contributed by atoms with Gasteiger partial charge < -0.3 is 10.4 Å². The molecule has 1 aromatic carbocycles. The molecule has 2 rings (SSSR count). The van der Waals surface area contributed by atoms with Crippen molar-refractivity contribution in [2.24, 2.45) is 5.92 Å². The third-order valence-electron chi connectivity index (χ3n) is 4.09. The van der Waals surface area contributed by atoms with Crippen LogP contribution in [0.1, 0.15) is 39.0 Å². The van der Waals surface area contributed by atoms with Crippen LogP contribution in [-0.2, 0) is 4.79 Å². The minimum absolute atomic E-state index is 0.0852. The molecule has 0 heterocycles. The lowest BCUT2D eigenvalue weighted by molar-refractivity contribution is -0.144. The molecule has 3 nitrogen and oxygen atoms in total. The summed E-state index contributed by atoms with van der Waals surface area (Å²) in [6, 6.07) is 5.97. The Labute approximate surface area is 112 Å². The summed E-state index contributed by atoms with van der Waals surface area (Å²) in [6.07, 6.45) is 5.12.